The molecule has 1 amide bonds. The number of nitrogens with two attached hydrogens (primary N) is 1. The van der Waals surface area contributed by atoms with Gasteiger partial charge in [0.2, 0.25) is 16.7 Å². The Labute approximate surface area is 171 Å². The average Bonchev–Trinajstić information content (AvgIpc) is 3.23. The maximum atomic E-state index is 11.5. The SMILES string of the molecule is CCc1nc2sc([C@@H](c3ccccc3Cl)N3CCC(C(N)=O)CC3)c(O)n2n1. The van der Waals surface area contributed by atoms with E-state index in [1.165, 1.54) is 15.9 Å². The first-order chi connectivity index (χ1) is 13.5. The molecule has 1 aliphatic rings. The molecule has 0 unspecified atom stereocenters. The van der Waals surface area contributed by atoms with Crippen molar-refractivity contribution in [2.45, 2.75) is 32.2 Å². The van der Waals surface area contributed by atoms with Crippen molar-refractivity contribution in [3.8, 4) is 5.88 Å². The Morgan fingerprint density at radius 3 is 2.71 bits per heavy atom. The topological polar surface area (TPSA) is 96.8 Å². The van der Waals surface area contributed by atoms with Gasteiger partial charge in [0.1, 0.15) is 0 Å². The summed E-state index contributed by atoms with van der Waals surface area (Å²) < 4.78 is 1.50. The van der Waals surface area contributed by atoms with Crippen LogP contribution < -0.4 is 5.73 Å². The largest absolute Gasteiger partial charge is 0.492 e. The van der Waals surface area contributed by atoms with E-state index in [1.54, 1.807) is 0 Å². The van der Waals surface area contributed by atoms with Gasteiger partial charge in [-0.05, 0) is 37.6 Å². The van der Waals surface area contributed by atoms with Crippen LogP contribution in [0.15, 0.2) is 24.3 Å². The Bertz CT molecular complexity index is 1010. The van der Waals surface area contributed by atoms with Crippen LogP contribution in [0.5, 0.6) is 5.88 Å². The second-order valence-corrected chi connectivity index (χ2v) is 8.42. The average molecular weight is 420 g/mol. The van der Waals surface area contributed by atoms with Crippen LogP contribution in [0.4, 0.5) is 0 Å². The van der Waals surface area contributed by atoms with Crippen molar-refractivity contribution in [1.82, 2.24) is 19.5 Å². The highest BCUT2D eigenvalue weighted by atomic mass is 35.5. The van der Waals surface area contributed by atoms with E-state index in [-0.39, 0.29) is 23.7 Å². The standard InChI is InChI=1S/C19H22ClN5O2S/c1-2-14-22-19-25(23-14)18(27)16(28-19)15(12-5-3-4-6-13(12)20)24-9-7-11(8-10-24)17(21)26/h3-6,11,15,27H,2,7-10H2,1H3,(H2,21,26)/t15-/m1/s1. The maximum Gasteiger partial charge on any atom is 0.230 e. The summed E-state index contributed by atoms with van der Waals surface area (Å²) in [5.41, 5.74) is 6.40. The van der Waals surface area contributed by atoms with E-state index in [4.69, 9.17) is 17.3 Å². The van der Waals surface area contributed by atoms with Gasteiger partial charge in [0.25, 0.3) is 0 Å². The predicted octanol–water partition coefficient (Wildman–Crippen LogP) is 3.00. The number of carbonyl (C=O) groups is 1. The molecular formula is C19H22ClN5O2S. The molecule has 0 radical (unpaired) electrons. The molecule has 3 N–H and O–H groups in total. The summed E-state index contributed by atoms with van der Waals surface area (Å²) in [6, 6.07) is 7.41. The number of aromatic nitrogens is 3. The van der Waals surface area contributed by atoms with Gasteiger partial charge in [0, 0.05) is 17.4 Å². The molecule has 1 fully saturated rings. The molecule has 148 valence electrons. The molecule has 3 heterocycles. The number of thiazole rings is 1. The second kappa shape index (κ2) is 7.69. The van der Waals surface area contributed by atoms with Crippen LogP contribution in [-0.4, -0.2) is 43.6 Å². The van der Waals surface area contributed by atoms with Crippen LogP contribution in [0.3, 0.4) is 0 Å². The maximum absolute atomic E-state index is 11.5. The molecule has 0 saturated carbocycles. The van der Waals surface area contributed by atoms with Gasteiger partial charge in [-0.2, -0.15) is 4.52 Å². The molecule has 9 heteroatoms. The van der Waals surface area contributed by atoms with Crippen molar-refractivity contribution < 1.29 is 9.90 Å². The third-order valence-electron chi connectivity index (χ3n) is 5.31. The minimum Gasteiger partial charge on any atom is -0.492 e. The van der Waals surface area contributed by atoms with E-state index in [0.29, 0.717) is 48.2 Å². The van der Waals surface area contributed by atoms with Crippen LogP contribution >= 0.6 is 22.9 Å². The highest BCUT2D eigenvalue weighted by Crippen LogP contribution is 2.43. The van der Waals surface area contributed by atoms with Crippen LogP contribution in [0.2, 0.25) is 5.02 Å². The molecule has 2 aromatic heterocycles. The van der Waals surface area contributed by atoms with E-state index in [9.17, 15) is 9.90 Å². The van der Waals surface area contributed by atoms with Crippen molar-refractivity contribution >= 4 is 33.8 Å². The lowest BCUT2D eigenvalue weighted by Crippen LogP contribution is -2.40. The number of aryl methyl sites for hydroxylation is 1. The predicted molar refractivity (Wildman–Crippen MR) is 109 cm³/mol. The molecule has 3 aromatic rings. The van der Waals surface area contributed by atoms with E-state index >= 15 is 0 Å². The number of carbonyl (C=O) groups excluding carboxylic acids is 1. The summed E-state index contributed by atoms with van der Waals surface area (Å²) in [5, 5.41) is 15.9. The minimum atomic E-state index is -0.248. The van der Waals surface area contributed by atoms with Crippen molar-refractivity contribution in [3.63, 3.8) is 0 Å². The molecule has 28 heavy (non-hydrogen) atoms. The lowest BCUT2D eigenvalue weighted by Gasteiger charge is -2.36. The molecular weight excluding hydrogens is 398 g/mol. The van der Waals surface area contributed by atoms with Crippen LogP contribution in [0.1, 0.15) is 42.1 Å². The molecule has 1 atom stereocenters. The first-order valence-electron chi connectivity index (χ1n) is 9.34. The Kier molecular flexibility index (Phi) is 5.27. The Balaban J connectivity index is 1.76. The summed E-state index contributed by atoms with van der Waals surface area (Å²) in [5.74, 6) is 0.438. The zero-order valence-corrected chi connectivity index (χ0v) is 17.1. The minimum absolute atomic E-state index is 0.0918. The quantitative estimate of drug-likeness (QED) is 0.662. The summed E-state index contributed by atoms with van der Waals surface area (Å²) >= 11 is 7.94. The number of hydrogen-bond donors (Lipinski definition) is 2. The zero-order chi connectivity index (χ0) is 19.8. The molecule has 7 nitrogen and oxygen atoms in total. The zero-order valence-electron chi connectivity index (χ0n) is 15.5. The van der Waals surface area contributed by atoms with E-state index in [0.717, 1.165) is 10.4 Å². The molecule has 0 aliphatic carbocycles. The number of nitrogens with zero attached hydrogens (tertiary/aromatic N) is 4. The van der Waals surface area contributed by atoms with Gasteiger partial charge < -0.3 is 10.8 Å². The van der Waals surface area contributed by atoms with Crippen molar-refractivity contribution in [3.05, 3.63) is 45.6 Å². The number of likely N-dealkylation sites (tertiary alicyclic amines) is 1. The van der Waals surface area contributed by atoms with Gasteiger partial charge in [-0.15, -0.1) is 5.10 Å². The van der Waals surface area contributed by atoms with Gasteiger partial charge in [-0.25, -0.2) is 4.98 Å². The number of halogens is 1. The Hall–Kier alpha value is -2.16. The molecule has 1 saturated heterocycles. The fourth-order valence-corrected chi connectivity index (χ4v) is 5.13. The van der Waals surface area contributed by atoms with E-state index in [1.807, 2.05) is 31.2 Å². The van der Waals surface area contributed by atoms with E-state index in [2.05, 4.69) is 15.0 Å². The number of benzene rings is 1. The van der Waals surface area contributed by atoms with Crippen molar-refractivity contribution in [2.75, 3.05) is 13.1 Å². The van der Waals surface area contributed by atoms with Gasteiger partial charge >= 0.3 is 0 Å². The Morgan fingerprint density at radius 1 is 1.39 bits per heavy atom. The van der Waals surface area contributed by atoms with Gasteiger partial charge in [0.05, 0.1) is 10.9 Å². The second-order valence-electron chi connectivity index (χ2n) is 7.00. The highest BCUT2D eigenvalue weighted by molar-refractivity contribution is 7.17. The summed E-state index contributed by atoms with van der Waals surface area (Å²) in [4.78, 5) is 19.7. The third kappa shape index (κ3) is 3.36. The molecule has 0 bridgehead atoms. The molecule has 4 rings (SSSR count). The number of rotatable bonds is 5. The number of primary amides is 1. The number of aromatic hydroxyl groups is 1. The Morgan fingerprint density at radius 2 is 2.11 bits per heavy atom. The van der Waals surface area contributed by atoms with Gasteiger partial charge in [-0.3, -0.25) is 9.69 Å². The van der Waals surface area contributed by atoms with E-state index < -0.39 is 0 Å². The van der Waals surface area contributed by atoms with Crippen molar-refractivity contribution in [1.29, 1.82) is 0 Å². The first-order valence-corrected chi connectivity index (χ1v) is 10.5. The lowest BCUT2D eigenvalue weighted by molar-refractivity contribution is -0.123. The number of amides is 1. The van der Waals surface area contributed by atoms with Crippen molar-refractivity contribution in [2.24, 2.45) is 11.7 Å². The summed E-state index contributed by atoms with van der Waals surface area (Å²) in [7, 11) is 0. The molecule has 1 aromatic carbocycles. The molecule has 0 spiro atoms. The third-order valence-corrected chi connectivity index (χ3v) is 6.72. The first kappa shape index (κ1) is 19.2. The number of hydrogen-bond acceptors (Lipinski definition) is 6. The fourth-order valence-electron chi connectivity index (χ4n) is 3.76. The number of piperidine rings is 1. The monoisotopic (exact) mass is 419 g/mol. The van der Waals surface area contributed by atoms with Gasteiger partial charge in [-0.1, -0.05) is 48.1 Å². The summed E-state index contributed by atoms with van der Waals surface area (Å²) in [6.07, 6.45) is 2.09. The smallest absolute Gasteiger partial charge is 0.230 e. The van der Waals surface area contributed by atoms with Crippen LogP contribution in [0, 0.1) is 5.92 Å². The fraction of sp³-hybridized carbons (Fsp3) is 0.421. The number of fused-ring (bicyclic) bond motifs is 1. The highest BCUT2D eigenvalue weighted by Gasteiger charge is 2.34. The van der Waals surface area contributed by atoms with Crippen LogP contribution in [-0.2, 0) is 11.2 Å². The normalized spacial score (nSPS) is 17.2. The molecule has 1 aliphatic heterocycles. The van der Waals surface area contributed by atoms with Crippen LogP contribution in [0.25, 0.3) is 4.96 Å². The summed E-state index contributed by atoms with van der Waals surface area (Å²) in [6.45, 7) is 3.36. The lowest BCUT2D eigenvalue weighted by atomic mass is 9.93. The van der Waals surface area contributed by atoms with Gasteiger partial charge in [0.15, 0.2) is 5.82 Å².